The van der Waals surface area contributed by atoms with Crippen molar-refractivity contribution in [2.24, 2.45) is 0 Å². The second kappa shape index (κ2) is 7.64. The highest BCUT2D eigenvalue weighted by atomic mass is 19.1. The second-order valence-corrected chi connectivity index (χ2v) is 7.04. The summed E-state index contributed by atoms with van der Waals surface area (Å²) in [4.78, 5) is 0. The number of hydrogen-bond acceptors (Lipinski definition) is 4. The van der Waals surface area contributed by atoms with Crippen LogP contribution in [-0.4, -0.2) is 23.0 Å². The fourth-order valence-electron chi connectivity index (χ4n) is 3.47. The van der Waals surface area contributed by atoms with Crippen LogP contribution in [0.15, 0.2) is 42.5 Å². The van der Waals surface area contributed by atoms with Crippen LogP contribution in [0.2, 0.25) is 0 Å². The van der Waals surface area contributed by atoms with Crippen LogP contribution in [0.3, 0.4) is 0 Å². The second-order valence-electron chi connectivity index (χ2n) is 7.04. The standard InChI is InChI=1S/C22H24FN3O2/c1-14(17-4-9-21-22(12-17)28-11-10-27-21)24-13-20-15(2)25-26(16(20)3)19-7-5-18(23)6-8-19/h4-9,12,14,24H,10-11,13H2,1-3H3. The fraction of sp³-hybridized carbons (Fsp3) is 0.318. The van der Waals surface area contributed by atoms with Gasteiger partial charge >= 0.3 is 0 Å². The third-order valence-electron chi connectivity index (χ3n) is 5.16. The maximum atomic E-state index is 13.2. The molecule has 0 saturated heterocycles. The molecule has 5 nitrogen and oxygen atoms in total. The van der Waals surface area contributed by atoms with E-state index in [1.807, 2.05) is 30.7 Å². The molecule has 2 aromatic carbocycles. The van der Waals surface area contributed by atoms with Crippen molar-refractivity contribution in [3.63, 3.8) is 0 Å². The van der Waals surface area contributed by atoms with E-state index in [-0.39, 0.29) is 11.9 Å². The molecule has 28 heavy (non-hydrogen) atoms. The largest absolute Gasteiger partial charge is 0.486 e. The third-order valence-corrected chi connectivity index (χ3v) is 5.16. The van der Waals surface area contributed by atoms with Crippen LogP contribution in [0.4, 0.5) is 4.39 Å². The third kappa shape index (κ3) is 3.60. The van der Waals surface area contributed by atoms with Gasteiger partial charge in [-0.3, -0.25) is 0 Å². The number of hydrogen-bond donors (Lipinski definition) is 1. The van der Waals surface area contributed by atoms with Crippen LogP contribution in [-0.2, 0) is 6.54 Å². The monoisotopic (exact) mass is 381 g/mol. The van der Waals surface area contributed by atoms with Gasteiger partial charge < -0.3 is 14.8 Å². The van der Waals surface area contributed by atoms with Crippen LogP contribution in [0.25, 0.3) is 5.69 Å². The molecule has 3 aromatic rings. The molecule has 1 atom stereocenters. The van der Waals surface area contributed by atoms with Crippen LogP contribution in [0.5, 0.6) is 11.5 Å². The number of halogens is 1. The van der Waals surface area contributed by atoms with Gasteiger partial charge in [0.2, 0.25) is 0 Å². The Kier molecular flexibility index (Phi) is 5.05. The van der Waals surface area contributed by atoms with Crippen molar-refractivity contribution in [2.75, 3.05) is 13.2 Å². The zero-order valence-electron chi connectivity index (χ0n) is 16.3. The highest BCUT2D eigenvalue weighted by molar-refractivity contribution is 5.44. The average Bonchev–Trinajstić information content (AvgIpc) is 3.00. The number of fused-ring (bicyclic) bond motifs is 1. The molecule has 0 spiro atoms. The summed E-state index contributed by atoms with van der Waals surface area (Å²) in [6, 6.07) is 12.6. The molecule has 1 aliphatic heterocycles. The van der Waals surface area contributed by atoms with Crippen LogP contribution in [0.1, 0.15) is 35.5 Å². The minimum absolute atomic E-state index is 0.142. The summed E-state index contributed by atoms with van der Waals surface area (Å²) in [7, 11) is 0. The molecule has 1 N–H and O–H groups in total. The summed E-state index contributed by atoms with van der Waals surface area (Å²) in [6.07, 6.45) is 0. The van der Waals surface area contributed by atoms with Gasteiger partial charge in [0, 0.05) is 23.8 Å². The minimum atomic E-state index is -0.250. The molecule has 4 rings (SSSR count). The van der Waals surface area contributed by atoms with E-state index in [1.165, 1.54) is 12.1 Å². The molecule has 1 aliphatic rings. The molecule has 0 bridgehead atoms. The maximum absolute atomic E-state index is 13.2. The number of rotatable bonds is 5. The van der Waals surface area contributed by atoms with Crippen molar-refractivity contribution in [3.05, 3.63) is 70.8 Å². The smallest absolute Gasteiger partial charge is 0.161 e. The van der Waals surface area contributed by atoms with Gasteiger partial charge in [-0.2, -0.15) is 5.10 Å². The molecule has 1 aromatic heterocycles. The van der Waals surface area contributed by atoms with E-state index in [9.17, 15) is 4.39 Å². The van der Waals surface area contributed by atoms with Gasteiger partial charge in [-0.05, 0) is 62.7 Å². The van der Waals surface area contributed by atoms with Gasteiger partial charge in [0.15, 0.2) is 11.5 Å². The van der Waals surface area contributed by atoms with Crippen molar-refractivity contribution in [3.8, 4) is 17.2 Å². The molecule has 0 fully saturated rings. The summed E-state index contributed by atoms with van der Waals surface area (Å²) in [6.45, 7) is 8.03. The Morgan fingerprint density at radius 1 is 1.07 bits per heavy atom. The Morgan fingerprint density at radius 2 is 1.79 bits per heavy atom. The highest BCUT2D eigenvalue weighted by Gasteiger charge is 2.17. The van der Waals surface area contributed by atoms with Crippen molar-refractivity contribution in [1.29, 1.82) is 0 Å². The molecule has 0 saturated carbocycles. The molecule has 6 heteroatoms. The molecule has 0 aliphatic carbocycles. The summed E-state index contributed by atoms with van der Waals surface area (Å²) in [5, 5.41) is 8.20. The summed E-state index contributed by atoms with van der Waals surface area (Å²) < 4.78 is 26.3. The number of benzene rings is 2. The zero-order valence-corrected chi connectivity index (χ0v) is 16.3. The first-order valence-corrected chi connectivity index (χ1v) is 9.47. The van der Waals surface area contributed by atoms with Crippen molar-refractivity contribution >= 4 is 0 Å². The van der Waals surface area contributed by atoms with E-state index < -0.39 is 0 Å². The normalized spacial score (nSPS) is 14.1. The van der Waals surface area contributed by atoms with Gasteiger partial charge in [0.05, 0.1) is 11.4 Å². The first-order chi connectivity index (χ1) is 13.5. The molecule has 1 unspecified atom stereocenters. The first kappa shape index (κ1) is 18.5. The van der Waals surface area contributed by atoms with Gasteiger partial charge in [0.1, 0.15) is 19.0 Å². The predicted octanol–water partition coefficient (Wildman–Crippen LogP) is 4.25. The van der Waals surface area contributed by atoms with Crippen LogP contribution < -0.4 is 14.8 Å². The quantitative estimate of drug-likeness (QED) is 0.718. The Morgan fingerprint density at radius 3 is 2.54 bits per heavy atom. The fourth-order valence-corrected chi connectivity index (χ4v) is 3.47. The minimum Gasteiger partial charge on any atom is -0.486 e. The van der Waals surface area contributed by atoms with E-state index >= 15 is 0 Å². The molecule has 146 valence electrons. The number of nitrogens with zero attached hydrogens (tertiary/aromatic N) is 2. The van der Waals surface area contributed by atoms with Crippen molar-refractivity contribution < 1.29 is 13.9 Å². The predicted molar refractivity (Wildman–Crippen MR) is 106 cm³/mol. The van der Waals surface area contributed by atoms with Gasteiger partial charge in [0.25, 0.3) is 0 Å². The van der Waals surface area contributed by atoms with Gasteiger partial charge in [-0.15, -0.1) is 0 Å². The van der Waals surface area contributed by atoms with Gasteiger partial charge in [-0.25, -0.2) is 9.07 Å². The van der Waals surface area contributed by atoms with Crippen molar-refractivity contribution in [1.82, 2.24) is 15.1 Å². The molecular formula is C22H24FN3O2. The molecule has 0 amide bonds. The van der Waals surface area contributed by atoms with E-state index in [2.05, 4.69) is 23.4 Å². The summed E-state index contributed by atoms with van der Waals surface area (Å²) >= 11 is 0. The summed E-state index contributed by atoms with van der Waals surface area (Å²) in [5.41, 5.74) is 5.15. The average molecular weight is 381 g/mol. The highest BCUT2D eigenvalue weighted by Crippen LogP contribution is 2.32. The maximum Gasteiger partial charge on any atom is 0.161 e. The summed E-state index contributed by atoms with van der Waals surface area (Å²) in [5.74, 6) is 1.35. The number of ether oxygens (including phenoxy) is 2. The Hall–Kier alpha value is -2.86. The van der Waals surface area contributed by atoms with Crippen LogP contribution >= 0.6 is 0 Å². The number of nitrogens with one attached hydrogen (secondary N) is 1. The lowest BCUT2D eigenvalue weighted by Gasteiger charge is -2.21. The molecular weight excluding hydrogens is 357 g/mol. The van der Waals surface area contributed by atoms with Gasteiger partial charge in [-0.1, -0.05) is 6.07 Å². The zero-order chi connectivity index (χ0) is 19.7. The topological polar surface area (TPSA) is 48.3 Å². The number of aromatic nitrogens is 2. The Labute approximate surface area is 164 Å². The molecule has 2 heterocycles. The van der Waals surface area contributed by atoms with E-state index in [4.69, 9.17) is 9.47 Å². The van der Waals surface area contributed by atoms with Crippen LogP contribution in [0, 0.1) is 19.7 Å². The van der Waals surface area contributed by atoms with E-state index in [1.54, 1.807) is 12.1 Å². The molecule has 0 radical (unpaired) electrons. The SMILES string of the molecule is Cc1nn(-c2ccc(F)cc2)c(C)c1CNC(C)c1ccc2c(c1)OCCO2. The Balaban J connectivity index is 1.49. The van der Waals surface area contributed by atoms with E-state index in [0.717, 1.165) is 39.7 Å². The number of aryl methyl sites for hydroxylation is 1. The lowest BCUT2D eigenvalue weighted by atomic mass is 10.1. The lowest BCUT2D eigenvalue weighted by molar-refractivity contribution is 0.171. The van der Waals surface area contributed by atoms with E-state index in [0.29, 0.717) is 19.8 Å². The Bertz CT molecular complexity index is 982. The lowest BCUT2D eigenvalue weighted by Crippen LogP contribution is -2.20. The first-order valence-electron chi connectivity index (χ1n) is 9.47. The van der Waals surface area contributed by atoms with Crippen molar-refractivity contribution in [2.45, 2.75) is 33.4 Å².